The Bertz CT molecular complexity index is 410. The summed E-state index contributed by atoms with van der Waals surface area (Å²) in [5.41, 5.74) is 1.09. The molecule has 0 aliphatic heterocycles. The van der Waals surface area contributed by atoms with Crippen LogP contribution in [0.3, 0.4) is 0 Å². The monoisotopic (exact) mass is 240 g/mol. The van der Waals surface area contributed by atoms with Gasteiger partial charge in [0, 0.05) is 11.0 Å². The lowest BCUT2D eigenvalue weighted by Crippen LogP contribution is -2.33. The van der Waals surface area contributed by atoms with Crippen molar-refractivity contribution in [1.82, 2.24) is 0 Å². The van der Waals surface area contributed by atoms with E-state index in [2.05, 4.69) is 0 Å². The molecule has 3 nitrogen and oxygen atoms in total. The van der Waals surface area contributed by atoms with E-state index < -0.39 is 7.12 Å². The van der Waals surface area contributed by atoms with Crippen molar-refractivity contribution in [3.05, 3.63) is 28.3 Å². The third kappa shape index (κ3) is 2.64. The van der Waals surface area contributed by atoms with Crippen molar-refractivity contribution in [2.75, 3.05) is 0 Å². The van der Waals surface area contributed by atoms with E-state index in [1.165, 1.54) is 0 Å². The number of hydrogen-bond donors (Lipinski definition) is 2. The van der Waals surface area contributed by atoms with E-state index in [4.69, 9.17) is 21.6 Å². The highest BCUT2D eigenvalue weighted by atomic mass is 35.5. The Kier molecular flexibility index (Phi) is 3.78. The van der Waals surface area contributed by atoms with Crippen LogP contribution < -0.4 is 5.46 Å². The fourth-order valence-electron chi connectivity index (χ4n) is 1.38. The van der Waals surface area contributed by atoms with Gasteiger partial charge in [-0.2, -0.15) is 0 Å². The highest BCUT2D eigenvalue weighted by Gasteiger charge is 2.23. The Hall–Kier alpha value is -0.835. The largest absolute Gasteiger partial charge is 0.489 e. The zero-order valence-electron chi connectivity index (χ0n) is 9.49. The summed E-state index contributed by atoms with van der Waals surface area (Å²) in [6.07, 6.45) is 0.615. The van der Waals surface area contributed by atoms with Gasteiger partial charge >= 0.3 is 7.12 Å². The van der Waals surface area contributed by atoms with E-state index in [0.717, 1.165) is 5.56 Å². The maximum Gasteiger partial charge on any atom is 0.489 e. The maximum absolute atomic E-state index is 10.8. The van der Waals surface area contributed by atoms with Crippen LogP contribution in [0.4, 0.5) is 0 Å². The maximum atomic E-state index is 10.8. The number of aldehydes is 1. The van der Waals surface area contributed by atoms with Gasteiger partial charge in [0.1, 0.15) is 0 Å². The minimum atomic E-state index is -1.67. The molecule has 0 saturated carbocycles. The second-order valence-electron chi connectivity index (χ2n) is 4.71. The summed E-state index contributed by atoms with van der Waals surface area (Å²) in [7, 11) is -1.67. The van der Waals surface area contributed by atoms with Crippen molar-refractivity contribution in [1.29, 1.82) is 0 Å². The molecule has 2 N–H and O–H groups in total. The average Bonchev–Trinajstić information content (AvgIpc) is 2.15. The molecule has 0 aliphatic rings. The summed E-state index contributed by atoms with van der Waals surface area (Å²) in [6.45, 7) is 5.91. The van der Waals surface area contributed by atoms with Gasteiger partial charge < -0.3 is 10.0 Å². The van der Waals surface area contributed by atoms with Gasteiger partial charge in [0.05, 0.1) is 5.02 Å². The quantitative estimate of drug-likeness (QED) is 0.602. The molecule has 1 aromatic rings. The van der Waals surface area contributed by atoms with Gasteiger partial charge in [-0.3, -0.25) is 4.79 Å². The van der Waals surface area contributed by atoms with Crippen LogP contribution in [0.25, 0.3) is 0 Å². The van der Waals surface area contributed by atoms with E-state index >= 15 is 0 Å². The third-order valence-electron chi connectivity index (χ3n) is 2.40. The number of benzene rings is 1. The molecule has 0 unspecified atom stereocenters. The van der Waals surface area contributed by atoms with E-state index in [9.17, 15) is 4.79 Å². The minimum Gasteiger partial charge on any atom is -0.423 e. The Morgan fingerprint density at radius 2 is 1.88 bits per heavy atom. The van der Waals surface area contributed by atoms with Gasteiger partial charge in [-0.1, -0.05) is 38.4 Å². The summed E-state index contributed by atoms with van der Waals surface area (Å²) in [6, 6.07) is 3.28. The smallest absolute Gasteiger partial charge is 0.423 e. The lowest BCUT2D eigenvalue weighted by atomic mass is 9.75. The first kappa shape index (κ1) is 13.2. The standard InChI is InChI=1S/C11H14BClO3/c1-11(2,3)8-4-7(6-14)10(13)9(5-8)12(15)16/h4-6,15-16H,1-3H3. The third-order valence-corrected chi connectivity index (χ3v) is 2.84. The van der Waals surface area contributed by atoms with Crippen molar-refractivity contribution >= 4 is 30.5 Å². The first-order valence-electron chi connectivity index (χ1n) is 4.92. The van der Waals surface area contributed by atoms with Gasteiger partial charge in [0.25, 0.3) is 0 Å². The summed E-state index contributed by atoms with van der Waals surface area (Å²) < 4.78 is 0. The van der Waals surface area contributed by atoms with Gasteiger partial charge in [0.15, 0.2) is 6.29 Å². The van der Waals surface area contributed by atoms with Gasteiger partial charge in [-0.25, -0.2) is 0 Å². The molecule has 5 heteroatoms. The molecule has 0 amide bonds. The lowest BCUT2D eigenvalue weighted by Gasteiger charge is -2.21. The van der Waals surface area contributed by atoms with Crippen LogP contribution in [0.5, 0.6) is 0 Å². The number of hydrogen-bond acceptors (Lipinski definition) is 3. The molecule has 0 spiro atoms. The molecule has 16 heavy (non-hydrogen) atoms. The highest BCUT2D eigenvalue weighted by molar-refractivity contribution is 6.63. The predicted octanol–water partition coefficient (Wildman–Crippen LogP) is 1.13. The summed E-state index contributed by atoms with van der Waals surface area (Å²) in [5, 5.41) is 18.4. The summed E-state index contributed by atoms with van der Waals surface area (Å²) >= 11 is 5.87. The fourth-order valence-corrected chi connectivity index (χ4v) is 1.63. The second kappa shape index (κ2) is 4.57. The first-order valence-corrected chi connectivity index (χ1v) is 5.30. The minimum absolute atomic E-state index is 0.0954. The van der Waals surface area contributed by atoms with Crippen LogP contribution in [-0.4, -0.2) is 23.5 Å². The van der Waals surface area contributed by atoms with E-state index in [1.54, 1.807) is 12.1 Å². The zero-order valence-corrected chi connectivity index (χ0v) is 10.2. The van der Waals surface area contributed by atoms with E-state index in [-0.39, 0.29) is 21.5 Å². The molecule has 0 radical (unpaired) electrons. The van der Waals surface area contributed by atoms with E-state index in [1.807, 2.05) is 20.8 Å². The SMILES string of the molecule is CC(C)(C)c1cc(C=O)c(Cl)c(B(O)O)c1. The van der Waals surface area contributed by atoms with Crippen LogP contribution in [0.15, 0.2) is 12.1 Å². The van der Waals surface area contributed by atoms with Crippen molar-refractivity contribution in [2.24, 2.45) is 0 Å². The van der Waals surface area contributed by atoms with Crippen LogP contribution in [0, 0.1) is 0 Å². The lowest BCUT2D eigenvalue weighted by molar-refractivity contribution is 0.112. The zero-order chi connectivity index (χ0) is 12.5. The van der Waals surface area contributed by atoms with Crippen molar-refractivity contribution in [2.45, 2.75) is 26.2 Å². The van der Waals surface area contributed by atoms with E-state index in [0.29, 0.717) is 6.29 Å². The van der Waals surface area contributed by atoms with Crippen molar-refractivity contribution in [3.8, 4) is 0 Å². The normalized spacial score (nSPS) is 11.4. The van der Waals surface area contributed by atoms with Crippen molar-refractivity contribution < 1.29 is 14.8 Å². The average molecular weight is 240 g/mol. The number of carbonyl (C=O) groups excluding carboxylic acids is 1. The molecule has 1 aromatic carbocycles. The molecule has 0 bridgehead atoms. The molecule has 0 fully saturated rings. The van der Waals surface area contributed by atoms with Crippen LogP contribution >= 0.6 is 11.6 Å². The molecule has 0 aliphatic carbocycles. The van der Waals surface area contributed by atoms with Crippen LogP contribution in [0.1, 0.15) is 36.7 Å². The highest BCUT2D eigenvalue weighted by Crippen LogP contribution is 2.25. The Labute approximate surface area is 100 Å². The summed E-state index contributed by atoms with van der Waals surface area (Å²) in [5.74, 6) is 0. The Morgan fingerprint density at radius 1 is 1.31 bits per heavy atom. The summed E-state index contributed by atoms with van der Waals surface area (Å²) in [4.78, 5) is 10.8. The first-order chi connectivity index (χ1) is 7.27. The molecular weight excluding hydrogens is 226 g/mol. The number of halogens is 1. The van der Waals surface area contributed by atoms with Crippen LogP contribution in [-0.2, 0) is 5.41 Å². The Balaban J connectivity index is 3.46. The molecule has 0 atom stereocenters. The molecule has 0 aromatic heterocycles. The molecule has 0 saturated heterocycles. The topological polar surface area (TPSA) is 57.5 Å². The van der Waals surface area contributed by atoms with Gasteiger partial charge in [0.2, 0.25) is 0 Å². The molecule has 0 heterocycles. The number of rotatable bonds is 2. The van der Waals surface area contributed by atoms with Crippen LogP contribution in [0.2, 0.25) is 5.02 Å². The van der Waals surface area contributed by atoms with Gasteiger partial charge in [-0.05, 0) is 17.0 Å². The van der Waals surface area contributed by atoms with Crippen molar-refractivity contribution in [3.63, 3.8) is 0 Å². The predicted molar refractivity (Wildman–Crippen MR) is 65.4 cm³/mol. The molecule has 1 rings (SSSR count). The van der Waals surface area contributed by atoms with Gasteiger partial charge in [-0.15, -0.1) is 0 Å². The fraction of sp³-hybridized carbons (Fsp3) is 0.364. The Morgan fingerprint density at radius 3 is 2.25 bits per heavy atom. The second-order valence-corrected chi connectivity index (χ2v) is 5.09. The molecule has 86 valence electrons. The number of carbonyl (C=O) groups is 1. The molecular formula is C11H14BClO3.